The van der Waals surface area contributed by atoms with Gasteiger partial charge < -0.3 is 19.9 Å². The van der Waals surface area contributed by atoms with E-state index >= 15 is 0 Å². The highest BCUT2D eigenvalue weighted by atomic mass is 16.5. The van der Waals surface area contributed by atoms with Crippen LogP contribution in [0.2, 0.25) is 0 Å². The first-order chi connectivity index (χ1) is 14.4. The Hall–Kier alpha value is -2.09. The quantitative estimate of drug-likeness (QED) is 0.799. The second-order valence-electron chi connectivity index (χ2n) is 9.25. The molecule has 166 valence electrons. The van der Waals surface area contributed by atoms with Crippen molar-refractivity contribution in [2.24, 2.45) is 0 Å². The number of aryl methyl sites for hydroxylation is 1. The average Bonchev–Trinajstić information content (AvgIpc) is 3.42. The van der Waals surface area contributed by atoms with Crippen LogP contribution in [0.1, 0.15) is 69.8 Å². The van der Waals surface area contributed by atoms with Gasteiger partial charge in [0.05, 0.1) is 5.60 Å². The molecule has 3 amide bonds. The smallest absolute Gasteiger partial charge is 0.318 e. The number of hydrogen-bond acceptors (Lipinski definition) is 4. The highest BCUT2D eigenvalue weighted by Crippen LogP contribution is 2.40. The Kier molecular flexibility index (Phi) is 6.04. The molecule has 1 spiro atoms. The minimum absolute atomic E-state index is 0.0486. The molecule has 1 N–H and O–H groups in total. The van der Waals surface area contributed by atoms with Crippen LogP contribution in [0.3, 0.4) is 0 Å². The highest BCUT2D eigenvalue weighted by molar-refractivity contribution is 5.92. The molecule has 30 heavy (non-hydrogen) atoms. The maximum Gasteiger partial charge on any atom is 0.318 e. The summed E-state index contributed by atoms with van der Waals surface area (Å²) in [6.45, 7) is 8.74. The molecule has 2 saturated heterocycles. The van der Waals surface area contributed by atoms with Crippen LogP contribution in [0.15, 0.2) is 12.3 Å². The number of rotatable bonds is 5. The molecule has 1 unspecified atom stereocenters. The zero-order chi connectivity index (χ0) is 21.3. The van der Waals surface area contributed by atoms with Crippen LogP contribution in [0.5, 0.6) is 0 Å². The van der Waals surface area contributed by atoms with E-state index in [4.69, 9.17) is 4.74 Å². The van der Waals surface area contributed by atoms with E-state index in [2.05, 4.69) is 15.3 Å². The van der Waals surface area contributed by atoms with E-state index < -0.39 is 0 Å². The molecule has 0 bridgehead atoms. The van der Waals surface area contributed by atoms with Crippen molar-refractivity contribution in [3.63, 3.8) is 0 Å². The molecule has 1 aliphatic carbocycles. The third-order valence-corrected chi connectivity index (χ3v) is 6.64. The second-order valence-corrected chi connectivity index (χ2v) is 9.25. The molecule has 1 saturated carbocycles. The Bertz CT molecular complexity index is 765. The molecule has 3 heterocycles. The van der Waals surface area contributed by atoms with Crippen LogP contribution in [-0.4, -0.2) is 74.9 Å². The number of urea groups is 1. The average molecular weight is 418 g/mol. The van der Waals surface area contributed by atoms with Crippen molar-refractivity contribution in [2.75, 3.05) is 19.7 Å². The van der Waals surface area contributed by atoms with Gasteiger partial charge in [-0.15, -0.1) is 0 Å². The van der Waals surface area contributed by atoms with Gasteiger partial charge in [-0.3, -0.25) is 9.48 Å². The monoisotopic (exact) mass is 417 g/mol. The first kappa shape index (κ1) is 21.2. The lowest BCUT2D eigenvalue weighted by atomic mass is 9.81. The van der Waals surface area contributed by atoms with Crippen molar-refractivity contribution in [3.8, 4) is 0 Å². The Morgan fingerprint density at radius 1 is 1.27 bits per heavy atom. The van der Waals surface area contributed by atoms with E-state index in [1.165, 1.54) is 0 Å². The fraction of sp³-hybridized carbons (Fsp3) is 0.773. The standard InChI is InChI=1S/C22H35N5O3/c1-4-26-19(7-11-23-26)20(28)25-12-9-22(10-13-25)15-18(8-14-30-22)27(17-5-6-17)21(29)24-16(2)3/h7,11,16-18H,4-6,8-10,12-15H2,1-3H3,(H,24,29). The van der Waals surface area contributed by atoms with Gasteiger partial charge in [-0.1, -0.05) is 0 Å². The number of nitrogens with one attached hydrogen (secondary N) is 1. The second kappa shape index (κ2) is 8.57. The lowest BCUT2D eigenvalue weighted by molar-refractivity contribution is -0.126. The number of aromatic nitrogens is 2. The first-order valence-corrected chi connectivity index (χ1v) is 11.5. The summed E-state index contributed by atoms with van der Waals surface area (Å²) in [5.41, 5.74) is 0.428. The van der Waals surface area contributed by atoms with Gasteiger partial charge in [0.2, 0.25) is 0 Å². The molecule has 0 radical (unpaired) electrons. The highest BCUT2D eigenvalue weighted by Gasteiger charge is 2.46. The number of carbonyl (C=O) groups is 2. The predicted molar refractivity (Wildman–Crippen MR) is 113 cm³/mol. The number of likely N-dealkylation sites (tertiary alicyclic amines) is 1. The summed E-state index contributed by atoms with van der Waals surface area (Å²) in [6, 6.07) is 2.59. The normalized spacial score (nSPS) is 23.6. The minimum atomic E-state index is -0.226. The van der Waals surface area contributed by atoms with Crippen molar-refractivity contribution in [1.29, 1.82) is 0 Å². The maximum atomic E-state index is 12.9. The molecule has 3 fully saturated rings. The summed E-state index contributed by atoms with van der Waals surface area (Å²) in [5.74, 6) is 0.0486. The molecule has 8 heteroatoms. The van der Waals surface area contributed by atoms with Crippen LogP contribution in [0.25, 0.3) is 0 Å². The summed E-state index contributed by atoms with van der Waals surface area (Å²) < 4.78 is 8.05. The van der Waals surface area contributed by atoms with Crippen molar-refractivity contribution < 1.29 is 14.3 Å². The van der Waals surface area contributed by atoms with E-state index in [0.717, 1.165) is 38.5 Å². The lowest BCUT2D eigenvalue weighted by Gasteiger charge is -2.48. The first-order valence-electron chi connectivity index (χ1n) is 11.5. The topological polar surface area (TPSA) is 79.7 Å². The van der Waals surface area contributed by atoms with Gasteiger partial charge in [-0.2, -0.15) is 5.10 Å². The number of hydrogen-bond donors (Lipinski definition) is 1. The Labute approximate surface area is 178 Å². The van der Waals surface area contributed by atoms with E-state index in [0.29, 0.717) is 38.0 Å². The molecule has 1 aromatic rings. The Morgan fingerprint density at radius 2 is 2.00 bits per heavy atom. The number of ether oxygens (including phenoxy) is 1. The molecular weight excluding hydrogens is 382 g/mol. The SMILES string of the molecule is CCn1nccc1C(=O)N1CCC2(CC1)CC(N(C(=O)NC(C)C)C1CC1)CCO2. The number of amides is 3. The summed E-state index contributed by atoms with van der Waals surface area (Å²) in [4.78, 5) is 29.8. The third kappa shape index (κ3) is 4.33. The van der Waals surface area contributed by atoms with E-state index in [9.17, 15) is 9.59 Å². The number of piperidine rings is 1. The van der Waals surface area contributed by atoms with Crippen LogP contribution in [0.4, 0.5) is 4.79 Å². The van der Waals surface area contributed by atoms with Crippen LogP contribution < -0.4 is 5.32 Å². The van der Waals surface area contributed by atoms with Gasteiger partial charge >= 0.3 is 6.03 Å². The Balaban J connectivity index is 1.40. The zero-order valence-electron chi connectivity index (χ0n) is 18.5. The summed E-state index contributed by atoms with van der Waals surface area (Å²) in [7, 11) is 0. The number of carbonyl (C=O) groups excluding carboxylic acids is 2. The molecule has 1 aromatic heterocycles. The summed E-state index contributed by atoms with van der Waals surface area (Å²) in [6.07, 6.45) is 7.28. The fourth-order valence-electron chi connectivity index (χ4n) is 4.94. The van der Waals surface area contributed by atoms with E-state index in [1.807, 2.05) is 25.7 Å². The minimum Gasteiger partial charge on any atom is -0.375 e. The van der Waals surface area contributed by atoms with Gasteiger partial charge in [0, 0.05) is 50.6 Å². The number of nitrogens with zero attached hydrogens (tertiary/aromatic N) is 4. The molecule has 3 aliphatic rings. The predicted octanol–water partition coefficient (Wildman–Crippen LogP) is 2.64. The van der Waals surface area contributed by atoms with Gasteiger partial charge in [0.25, 0.3) is 5.91 Å². The van der Waals surface area contributed by atoms with Gasteiger partial charge in [-0.25, -0.2) is 4.79 Å². The third-order valence-electron chi connectivity index (χ3n) is 6.64. The molecule has 8 nitrogen and oxygen atoms in total. The van der Waals surface area contributed by atoms with E-state index in [-0.39, 0.29) is 29.6 Å². The lowest BCUT2D eigenvalue weighted by Crippen LogP contribution is -2.57. The molecule has 1 atom stereocenters. The fourth-order valence-corrected chi connectivity index (χ4v) is 4.94. The molecule has 2 aliphatic heterocycles. The summed E-state index contributed by atoms with van der Waals surface area (Å²) in [5, 5.41) is 7.31. The maximum absolute atomic E-state index is 12.9. The summed E-state index contributed by atoms with van der Waals surface area (Å²) >= 11 is 0. The van der Waals surface area contributed by atoms with Crippen molar-refractivity contribution >= 4 is 11.9 Å². The Morgan fingerprint density at radius 3 is 2.63 bits per heavy atom. The van der Waals surface area contributed by atoms with Crippen molar-refractivity contribution in [2.45, 2.75) is 89.6 Å². The van der Waals surface area contributed by atoms with Crippen molar-refractivity contribution in [3.05, 3.63) is 18.0 Å². The van der Waals surface area contributed by atoms with Crippen LogP contribution >= 0.6 is 0 Å². The largest absolute Gasteiger partial charge is 0.375 e. The molecule has 4 rings (SSSR count). The molecule has 0 aromatic carbocycles. The van der Waals surface area contributed by atoms with Crippen LogP contribution in [-0.2, 0) is 11.3 Å². The van der Waals surface area contributed by atoms with Gasteiger partial charge in [0.15, 0.2) is 0 Å². The molecular formula is C22H35N5O3. The van der Waals surface area contributed by atoms with Crippen molar-refractivity contribution in [1.82, 2.24) is 24.9 Å². The zero-order valence-corrected chi connectivity index (χ0v) is 18.5. The van der Waals surface area contributed by atoms with Crippen LogP contribution in [0, 0.1) is 0 Å². The van der Waals surface area contributed by atoms with Gasteiger partial charge in [0.1, 0.15) is 5.69 Å². The van der Waals surface area contributed by atoms with E-state index in [1.54, 1.807) is 16.9 Å². The van der Waals surface area contributed by atoms with Gasteiger partial charge in [-0.05, 0) is 65.4 Å².